The van der Waals surface area contributed by atoms with Gasteiger partial charge in [-0.3, -0.25) is 9.05 Å². The van der Waals surface area contributed by atoms with Crippen LogP contribution in [0.1, 0.15) is 116 Å². The predicted octanol–water partition coefficient (Wildman–Crippen LogP) is 7.51. The lowest BCUT2D eigenvalue weighted by Gasteiger charge is -2.24. The number of nitrogens with zero attached hydrogens (tertiary/aromatic N) is 1. The molecule has 2 atom stereocenters. The molecule has 0 heterocycles. The van der Waals surface area contributed by atoms with Crippen molar-refractivity contribution in [3.8, 4) is 0 Å². The molecule has 0 aromatic heterocycles. The Kier molecular flexibility index (Phi) is 24.1. The monoisotopic (exact) mass is 538 g/mol. The number of unbranched alkanes of at least 4 members (excludes halogenated alkanes) is 15. The topological polar surface area (TPSA) is 74.2 Å². The van der Waals surface area contributed by atoms with Crippen molar-refractivity contribution in [2.24, 2.45) is 0 Å². The van der Waals surface area contributed by atoms with Crippen LogP contribution in [0, 0.1) is 0 Å². The van der Waals surface area contributed by atoms with Crippen molar-refractivity contribution in [3.05, 3.63) is 0 Å². The highest BCUT2D eigenvalue weighted by atomic mass is 31.2. The van der Waals surface area contributed by atoms with E-state index in [0.717, 1.165) is 13.0 Å². The summed E-state index contributed by atoms with van der Waals surface area (Å²) in [5, 5.41) is 0. The largest absolute Gasteiger partial charge is 0.472 e. The van der Waals surface area contributed by atoms with E-state index in [4.69, 9.17) is 18.5 Å². The van der Waals surface area contributed by atoms with Crippen LogP contribution in [0.2, 0.25) is 0 Å². The number of hydrogen-bond donors (Lipinski definition) is 1. The van der Waals surface area contributed by atoms with Gasteiger partial charge in [0.1, 0.15) is 13.2 Å². The van der Waals surface area contributed by atoms with E-state index in [0.29, 0.717) is 24.1 Å². The van der Waals surface area contributed by atoms with Gasteiger partial charge >= 0.3 is 7.82 Å². The Bertz CT molecular complexity index is 515. The maximum absolute atomic E-state index is 12.0. The van der Waals surface area contributed by atoms with E-state index in [1.807, 2.05) is 21.1 Å². The quantitative estimate of drug-likeness (QED) is 0.0631. The van der Waals surface area contributed by atoms with Crippen molar-refractivity contribution in [1.82, 2.24) is 0 Å². The fraction of sp³-hybridized carbons (Fsp3) is 1.00. The molecule has 36 heavy (non-hydrogen) atoms. The number of quaternary nitrogens is 1. The lowest BCUT2D eigenvalue weighted by molar-refractivity contribution is -0.870. The molecule has 0 aliphatic rings. The summed E-state index contributed by atoms with van der Waals surface area (Å²) in [4.78, 5) is 9.81. The molecule has 0 amide bonds. The summed E-state index contributed by atoms with van der Waals surface area (Å²) in [7, 11) is 3.50. The molecule has 0 saturated heterocycles. The lowest BCUT2D eigenvalue weighted by atomic mass is 10.0. The van der Waals surface area contributed by atoms with E-state index in [1.54, 1.807) is 7.11 Å². The van der Waals surface area contributed by atoms with Gasteiger partial charge < -0.3 is 18.9 Å². The fourth-order valence-electron chi connectivity index (χ4n) is 3.98. The Labute approximate surface area is 223 Å². The molecule has 0 aliphatic carbocycles. The van der Waals surface area contributed by atoms with Crippen LogP contribution in [0.15, 0.2) is 0 Å². The number of ether oxygens (including phenoxy) is 2. The van der Waals surface area contributed by atoms with Gasteiger partial charge in [-0.05, 0) is 12.8 Å². The molecule has 0 fully saturated rings. The molecule has 2 unspecified atom stereocenters. The summed E-state index contributed by atoms with van der Waals surface area (Å²) < 4.78 is 33.8. The van der Waals surface area contributed by atoms with Gasteiger partial charge in [0.25, 0.3) is 0 Å². The molecule has 0 rings (SSSR count). The minimum atomic E-state index is -4.06. The minimum absolute atomic E-state index is 0.0110. The van der Waals surface area contributed by atoms with Crippen molar-refractivity contribution < 1.29 is 32.5 Å². The predicted molar refractivity (Wildman–Crippen MR) is 150 cm³/mol. The fourth-order valence-corrected chi connectivity index (χ4v) is 4.72. The second-order valence-electron chi connectivity index (χ2n) is 11.2. The summed E-state index contributed by atoms with van der Waals surface area (Å²) in [5.74, 6) is 0. The molecule has 0 spiro atoms. The number of rotatable bonds is 28. The average Bonchev–Trinajstić information content (AvgIpc) is 2.81. The average molecular weight is 539 g/mol. The summed E-state index contributed by atoms with van der Waals surface area (Å²) in [6, 6.07) is 0. The SMILES string of the molecule is CCCCCCCCCCCCCCCCCCOCCC(COP(=O)(O)OCC[N+](C)(C)C)OC. The first-order valence-electron chi connectivity index (χ1n) is 14.7. The van der Waals surface area contributed by atoms with E-state index in [-0.39, 0.29) is 19.3 Å². The Balaban J connectivity index is 3.46. The van der Waals surface area contributed by atoms with E-state index < -0.39 is 7.82 Å². The third-order valence-corrected chi connectivity index (χ3v) is 7.48. The zero-order valence-electron chi connectivity index (χ0n) is 24.5. The number of phosphoric ester groups is 1. The molecule has 0 aliphatic heterocycles. The van der Waals surface area contributed by atoms with E-state index in [9.17, 15) is 9.46 Å². The molecular formula is C28H61NO6P+. The van der Waals surface area contributed by atoms with Gasteiger partial charge in [-0.1, -0.05) is 103 Å². The standard InChI is InChI=1S/C28H60NO6P/c1-6-7-8-9-10-11-12-13-14-15-16-17-18-19-20-21-24-33-25-22-28(32-5)27-35-36(30,31)34-26-23-29(2,3)4/h28H,6-27H2,1-5H3/p+1. The Morgan fingerprint density at radius 3 is 1.61 bits per heavy atom. The number of likely N-dealkylation sites (N-methyl/N-ethyl adjacent to an activating group) is 1. The second-order valence-corrected chi connectivity index (χ2v) is 12.6. The Morgan fingerprint density at radius 2 is 1.17 bits per heavy atom. The summed E-state index contributed by atoms with van der Waals surface area (Å²) in [5.41, 5.74) is 0. The highest BCUT2D eigenvalue weighted by molar-refractivity contribution is 7.47. The number of methoxy groups -OCH3 is 1. The van der Waals surface area contributed by atoms with Gasteiger partial charge in [0.15, 0.2) is 0 Å². The summed E-state index contributed by atoms with van der Waals surface area (Å²) in [6.07, 6.45) is 22.1. The van der Waals surface area contributed by atoms with Gasteiger partial charge in [0.05, 0.1) is 33.9 Å². The van der Waals surface area contributed by atoms with Gasteiger partial charge in [-0.15, -0.1) is 0 Å². The van der Waals surface area contributed by atoms with E-state index in [2.05, 4.69) is 6.92 Å². The zero-order valence-corrected chi connectivity index (χ0v) is 25.4. The Morgan fingerprint density at radius 1 is 0.694 bits per heavy atom. The maximum Gasteiger partial charge on any atom is 0.472 e. The molecule has 1 N–H and O–H groups in total. The number of phosphoric acid groups is 1. The highest BCUT2D eigenvalue weighted by Gasteiger charge is 2.24. The van der Waals surface area contributed by atoms with Crippen molar-refractivity contribution in [2.45, 2.75) is 122 Å². The molecule has 0 radical (unpaired) electrons. The summed E-state index contributed by atoms with van der Waals surface area (Å²) >= 11 is 0. The van der Waals surface area contributed by atoms with Crippen LogP contribution in [0.3, 0.4) is 0 Å². The lowest BCUT2D eigenvalue weighted by Crippen LogP contribution is -2.37. The van der Waals surface area contributed by atoms with Gasteiger partial charge in [0, 0.05) is 20.3 Å². The first-order chi connectivity index (χ1) is 17.2. The minimum Gasteiger partial charge on any atom is -0.381 e. The molecule has 0 bridgehead atoms. The number of hydrogen-bond acceptors (Lipinski definition) is 5. The molecule has 0 aromatic carbocycles. The van der Waals surface area contributed by atoms with Crippen LogP contribution < -0.4 is 0 Å². The van der Waals surface area contributed by atoms with Crippen LogP contribution in [-0.2, 0) is 23.1 Å². The van der Waals surface area contributed by atoms with Crippen molar-refractivity contribution >= 4 is 7.82 Å². The van der Waals surface area contributed by atoms with Gasteiger partial charge in [-0.2, -0.15) is 0 Å². The van der Waals surface area contributed by atoms with Crippen molar-refractivity contribution in [3.63, 3.8) is 0 Å². The van der Waals surface area contributed by atoms with Gasteiger partial charge in [0.2, 0.25) is 0 Å². The van der Waals surface area contributed by atoms with Crippen LogP contribution in [0.5, 0.6) is 0 Å². The van der Waals surface area contributed by atoms with Crippen LogP contribution in [0.4, 0.5) is 0 Å². The normalized spacial score (nSPS) is 14.7. The smallest absolute Gasteiger partial charge is 0.381 e. The molecule has 8 heteroatoms. The Hall–Kier alpha value is -0.0100. The molecule has 218 valence electrons. The third-order valence-electron chi connectivity index (χ3n) is 6.50. The molecule has 7 nitrogen and oxygen atoms in total. The first-order valence-corrected chi connectivity index (χ1v) is 16.2. The molecule has 0 saturated carbocycles. The van der Waals surface area contributed by atoms with Crippen LogP contribution >= 0.6 is 7.82 Å². The highest BCUT2D eigenvalue weighted by Crippen LogP contribution is 2.43. The maximum atomic E-state index is 12.0. The molecular weight excluding hydrogens is 477 g/mol. The van der Waals surface area contributed by atoms with Crippen molar-refractivity contribution in [1.29, 1.82) is 0 Å². The zero-order chi connectivity index (χ0) is 27.0. The van der Waals surface area contributed by atoms with Crippen molar-refractivity contribution in [2.75, 3.05) is 61.2 Å². The first kappa shape index (κ1) is 36.0. The second kappa shape index (κ2) is 24.1. The third kappa shape index (κ3) is 27.0. The van der Waals surface area contributed by atoms with Gasteiger partial charge in [-0.25, -0.2) is 4.57 Å². The van der Waals surface area contributed by atoms with E-state index >= 15 is 0 Å². The van der Waals surface area contributed by atoms with Crippen LogP contribution in [-0.4, -0.2) is 76.7 Å². The van der Waals surface area contributed by atoms with Crippen LogP contribution in [0.25, 0.3) is 0 Å². The summed E-state index contributed by atoms with van der Waals surface area (Å²) in [6.45, 7) is 4.38. The van der Waals surface area contributed by atoms with E-state index in [1.165, 1.54) is 96.3 Å². The molecule has 0 aromatic rings.